The van der Waals surface area contributed by atoms with E-state index in [-0.39, 0.29) is 12.0 Å². The molecule has 0 fully saturated rings. The molecule has 1 nitrogen and oxygen atoms in total. The molecule has 0 radical (unpaired) electrons. The molecular weight excluding hydrogens is 210 g/mol. The van der Waals surface area contributed by atoms with Gasteiger partial charge in [0.25, 0.3) is 6.43 Å². The van der Waals surface area contributed by atoms with Crippen LogP contribution in [-0.4, -0.2) is 19.5 Å². The number of rotatable bonds is 4. The molecule has 0 saturated heterocycles. The maximum atomic E-state index is 13.1. The molecule has 1 aromatic carbocycles. The van der Waals surface area contributed by atoms with Gasteiger partial charge in [-0.15, -0.1) is 0 Å². The first-order chi connectivity index (χ1) is 7.04. The number of alkyl halides is 2. The minimum atomic E-state index is -2.58. The van der Waals surface area contributed by atoms with Gasteiger partial charge in [0.05, 0.1) is 6.04 Å². The van der Waals surface area contributed by atoms with Crippen molar-refractivity contribution in [1.82, 2.24) is 5.32 Å². The first kappa shape index (κ1) is 12.0. The first-order valence-electron chi connectivity index (χ1n) is 4.44. The van der Waals surface area contributed by atoms with E-state index in [1.54, 1.807) is 0 Å². The minimum Gasteiger partial charge on any atom is -0.312 e. The van der Waals surface area contributed by atoms with Crippen LogP contribution < -0.4 is 5.32 Å². The van der Waals surface area contributed by atoms with E-state index in [9.17, 15) is 17.6 Å². The largest absolute Gasteiger partial charge is 0.312 e. The van der Waals surface area contributed by atoms with Gasteiger partial charge in [-0.2, -0.15) is 0 Å². The Morgan fingerprint density at radius 3 is 2.40 bits per heavy atom. The first-order valence-corrected chi connectivity index (χ1v) is 4.44. The number of likely N-dealkylation sites (N-methyl/N-ethyl adjacent to an activating group) is 1. The van der Waals surface area contributed by atoms with Crippen LogP contribution in [0.4, 0.5) is 17.6 Å². The smallest absolute Gasteiger partial charge is 0.254 e. The highest BCUT2D eigenvalue weighted by Crippen LogP contribution is 2.14. The highest BCUT2D eigenvalue weighted by molar-refractivity contribution is 5.19. The van der Waals surface area contributed by atoms with Crippen molar-refractivity contribution in [1.29, 1.82) is 0 Å². The SMILES string of the molecule is CNC(Cc1ccc(F)cc1F)C(F)F. The van der Waals surface area contributed by atoms with Crippen LogP contribution in [0.1, 0.15) is 5.56 Å². The summed E-state index contributed by atoms with van der Waals surface area (Å²) in [6, 6.07) is 1.80. The van der Waals surface area contributed by atoms with Gasteiger partial charge in [0, 0.05) is 6.07 Å². The second-order valence-corrected chi connectivity index (χ2v) is 3.17. The van der Waals surface area contributed by atoms with Gasteiger partial charge in [-0.1, -0.05) is 6.07 Å². The average Bonchev–Trinajstić information content (AvgIpc) is 2.16. The van der Waals surface area contributed by atoms with Gasteiger partial charge in [-0.05, 0) is 25.1 Å². The summed E-state index contributed by atoms with van der Waals surface area (Å²) >= 11 is 0. The standard InChI is InChI=1S/C10H11F4N/c1-15-9(10(13)14)4-6-2-3-7(11)5-8(6)12/h2-3,5,9-10,15H,4H2,1H3. The van der Waals surface area contributed by atoms with Crippen LogP contribution in [0.2, 0.25) is 0 Å². The number of hydrogen-bond donors (Lipinski definition) is 1. The molecule has 5 heteroatoms. The van der Waals surface area contributed by atoms with E-state index in [1.807, 2.05) is 0 Å². The van der Waals surface area contributed by atoms with Crippen LogP contribution in [0.25, 0.3) is 0 Å². The third kappa shape index (κ3) is 3.20. The van der Waals surface area contributed by atoms with Crippen LogP contribution >= 0.6 is 0 Å². The third-order valence-electron chi connectivity index (χ3n) is 2.13. The molecule has 1 unspecified atom stereocenters. The fraction of sp³-hybridized carbons (Fsp3) is 0.400. The topological polar surface area (TPSA) is 12.0 Å². The number of halogens is 4. The van der Waals surface area contributed by atoms with E-state index in [0.717, 1.165) is 6.07 Å². The van der Waals surface area contributed by atoms with Gasteiger partial charge in [-0.25, -0.2) is 17.6 Å². The number of hydrogen-bond acceptors (Lipinski definition) is 1. The Labute approximate surface area is 85.1 Å². The lowest BCUT2D eigenvalue weighted by atomic mass is 10.1. The Morgan fingerprint density at radius 2 is 1.93 bits per heavy atom. The molecule has 0 heterocycles. The molecule has 84 valence electrons. The van der Waals surface area contributed by atoms with Crippen LogP contribution in [0.15, 0.2) is 18.2 Å². The van der Waals surface area contributed by atoms with Crippen molar-refractivity contribution in [3.05, 3.63) is 35.4 Å². The van der Waals surface area contributed by atoms with Gasteiger partial charge < -0.3 is 5.32 Å². The van der Waals surface area contributed by atoms with Gasteiger partial charge >= 0.3 is 0 Å². The van der Waals surface area contributed by atoms with E-state index in [2.05, 4.69) is 5.32 Å². The molecule has 15 heavy (non-hydrogen) atoms. The van der Waals surface area contributed by atoms with Gasteiger partial charge in [0.1, 0.15) is 11.6 Å². The third-order valence-corrected chi connectivity index (χ3v) is 2.13. The summed E-state index contributed by atoms with van der Waals surface area (Å²) in [5, 5.41) is 2.38. The summed E-state index contributed by atoms with van der Waals surface area (Å²) in [5.74, 6) is -1.51. The Hall–Kier alpha value is -1.10. The van der Waals surface area contributed by atoms with Gasteiger partial charge in [-0.3, -0.25) is 0 Å². The summed E-state index contributed by atoms with van der Waals surface area (Å²) in [4.78, 5) is 0. The maximum Gasteiger partial charge on any atom is 0.254 e. The molecule has 0 aliphatic carbocycles. The number of benzene rings is 1. The van der Waals surface area contributed by atoms with Crippen LogP contribution in [0.5, 0.6) is 0 Å². The van der Waals surface area contributed by atoms with Crippen LogP contribution in [0.3, 0.4) is 0 Å². The molecule has 0 bridgehead atoms. The minimum absolute atomic E-state index is 0.0797. The molecule has 0 spiro atoms. The second-order valence-electron chi connectivity index (χ2n) is 3.17. The summed E-state index contributed by atoms with van der Waals surface area (Å²) in [5.41, 5.74) is 0.0797. The molecule has 0 aromatic heterocycles. The lowest BCUT2D eigenvalue weighted by Gasteiger charge is -2.15. The lowest BCUT2D eigenvalue weighted by Crippen LogP contribution is -2.34. The zero-order valence-electron chi connectivity index (χ0n) is 8.11. The Kier molecular flexibility index (Phi) is 4.08. The summed E-state index contributed by atoms with van der Waals surface area (Å²) in [6.07, 6.45) is -2.75. The Bertz CT molecular complexity index is 327. The zero-order valence-corrected chi connectivity index (χ0v) is 8.11. The monoisotopic (exact) mass is 221 g/mol. The highest BCUT2D eigenvalue weighted by Gasteiger charge is 2.20. The number of nitrogens with one attached hydrogen (secondary N) is 1. The fourth-order valence-corrected chi connectivity index (χ4v) is 1.24. The molecule has 1 atom stereocenters. The molecule has 1 N–H and O–H groups in total. The Morgan fingerprint density at radius 1 is 1.27 bits per heavy atom. The molecular formula is C10H11F4N. The Balaban J connectivity index is 2.79. The van der Waals surface area contributed by atoms with Crippen LogP contribution in [0, 0.1) is 11.6 Å². The average molecular weight is 221 g/mol. The van der Waals surface area contributed by atoms with E-state index in [0.29, 0.717) is 6.07 Å². The maximum absolute atomic E-state index is 13.1. The summed E-state index contributed by atoms with van der Waals surface area (Å²) in [6.45, 7) is 0. The molecule has 0 aliphatic heterocycles. The zero-order chi connectivity index (χ0) is 11.4. The normalized spacial score (nSPS) is 13.2. The second kappa shape index (κ2) is 5.11. The molecule has 1 rings (SSSR count). The van der Waals surface area contributed by atoms with E-state index >= 15 is 0 Å². The predicted octanol–water partition coefficient (Wildman–Crippen LogP) is 2.36. The van der Waals surface area contributed by atoms with Crippen molar-refractivity contribution >= 4 is 0 Å². The van der Waals surface area contributed by atoms with Crippen molar-refractivity contribution in [3.63, 3.8) is 0 Å². The van der Waals surface area contributed by atoms with Crippen molar-refractivity contribution in [3.8, 4) is 0 Å². The fourth-order valence-electron chi connectivity index (χ4n) is 1.24. The van der Waals surface area contributed by atoms with E-state index < -0.39 is 24.1 Å². The highest BCUT2D eigenvalue weighted by atomic mass is 19.3. The predicted molar refractivity (Wildman–Crippen MR) is 48.9 cm³/mol. The van der Waals surface area contributed by atoms with Gasteiger partial charge in [0.15, 0.2) is 0 Å². The summed E-state index contributed by atoms with van der Waals surface area (Å²) < 4.78 is 50.3. The van der Waals surface area contributed by atoms with E-state index in [4.69, 9.17) is 0 Å². The quantitative estimate of drug-likeness (QED) is 0.769. The lowest BCUT2D eigenvalue weighted by molar-refractivity contribution is 0.102. The van der Waals surface area contributed by atoms with Crippen molar-refractivity contribution in [2.24, 2.45) is 0 Å². The van der Waals surface area contributed by atoms with Crippen LogP contribution in [-0.2, 0) is 6.42 Å². The van der Waals surface area contributed by atoms with Crippen molar-refractivity contribution in [2.75, 3.05) is 7.05 Å². The molecule has 0 saturated carbocycles. The van der Waals surface area contributed by atoms with Crippen molar-refractivity contribution in [2.45, 2.75) is 18.9 Å². The van der Waals surface area contributed by atoms with Crippen molar-refractivity contribution < 1.29 is 17.6 Å². The summed E-state index contributed by atoms with van der Waals surface area (Å²) in [7, 11) is 1.37. The molecule has 1 aromatic rings. The molecule has 0 amide bonds. The van der Waals surface area contributed by atoms with Gasteiger partial charge in [0.2, 0.25) is 0 Å². The van der Waals surface area contributed by atoms with E-state index in [1.165, 1.54) is 13.1 Å². The molecule has 0 aliphatic rings.